The first-order valence-electron chi connectivity index (χ1n) is 11.3. The molecule has 0 aliphatic heterocycles. The molecule has 0 fully saturated rings. The average Bonchev–Trinajstić information content (AvgIpc) is 2.91. The Hall–Kier alpha value is -4.02. The first kappa shape index (κ1) is 21.8. The maximum Gasteiger partial charge on any atom is 0.189 e. The number of carbonyl (C=O) groups is 1. The number of fused-ring (bicyclic) bond motifs is 1. The molecule has 0 radical (unpaired) electrons. The topological polar surface area (TPSA) is 59.4 Å². The molecule has 0 atom stereocenters. The maximum atomic E-state index is 13.1. The highest BCUT2D eigenvalue weighted by Crippen LogP contribution is 2.37. The lowest BCUT2D eigenvalue weighted by Gasteiger charge is -2.29. The van der Waals surface area contributed by atoms with Gasteiger partial charge in [-0.2, -0.15) is 0 Å². The fourth-order valence-corrected chi connectivity index (χ4v) is 4.65. The lowest BCUT2D eigenvalue weighted by Crippen LogP contribution is -2.29. The quantitative estimate of drug-likeness (QED) is 0.405. The number of pyridine rings is 1. The van der Waals surface area contributed by atoms with Crippen LogP contribution in [-0.2, 0) is 12.0 Å². The van der Waals surface area contributed by atoms with E-state index in [1.54, 1.807) is 13.3 Å². The zero-order valence-corrected chi connectivity index (χ0v) is 18.9. The van der Waals surface area contributed by atoms with Crippen molar-refractivity contribution in [1.29, 1.82) is 0 Å². The third kappa shape index (κ3) is 3.82. The zero-order valence-electron chi connectivity index (χ0n) is 18.9. The molecule has 1 aliphatic carbocycles. The summed E-state index contributed by atoms with van der Waals surface area (Å²) in [5.74, 6) is 0.768. The molecule has 34 heavy (non-hydrogen) atoms. The summed E-state index contributed by atoms with van der Waals surface area (Å²) < 4.78 is 5.42. The minimum absolute atomic E-state index is 0.0103. The highest BCUT2D eigenvalue weighted by molar-refractivity contribution is 6.13. The molecule has 0 unspecified atom stereocenters. The molecule has 5 rings (SSSR count). The Balaban J connectivity index is 1.50. The SMILES string of the molecule is COc1cccc2c1CCC(=Cc1ccc(C(O)(c3ccccc3)c3ccccc3)cn1)C2=O. The number of ketones is 1. The van der Waals surface area contributed by atoms with Gasteiger partial charge in [-0.25, -0.2) is 0 Å². The molecule has 0 saturated heterocycles. The fourth-order valence-electron chi connectivity index (χ4n) is 4.65. The molecule has 4 heteroatoms. The van der Waals surface area contributed by atoms with Gasteiger partial charge >= 0.3 is 0 Å². The van der Waals surface area contributed by atoms with Gasteiger partial charge in [0.2, 0.25) is 0 Å². The van der Waals surface area contributed by atoms with E-state index in [0.717, 1.165) is 34.4 Å². The van der Waals surface area contributed by atoms with Crippen LogP contribution < -0.4 is 4.74 Å². The molecule has 1 aliphatic rings. The molecule has 1 heterocycles. The largest absolute Gasteiger partial charge is 0.496 e. The minimum Gasteiger partial charge on any atom is -0.496 e. The number of nitrogens with zero attached hydrogens (tertiary/aromatic N) is 1. The third-order valence-electron chi connectivity index (χ3n) is 6.44. The molecule has 4 aromatic rings. The fraction of sp³-hybridized carbons (Fsp3) is 0.133. The number of rotatable bonds is 5. The van der Waals surface area contributed by atoms with Crippen LogP contribution in [0.25, 0.3) is 6.08 Å². The number of aliphatic hydroxyl groups is 1. The van der Waals surface area contributed by atoms with Gasteiger partial charge in [0, 0.05) is 28.5 Å². The van der Waals surface area contributed by atoms with Crippen molar-refractivity contribution in [2.45, 2.75) is 18.4 Å². The Labute approximate surface area is 199 Å². The molecule has 1 aromatic heterocycles. The van der Waals surface area contributed by atoms with Crippen LogP contribution in [-0.4, -0.2) is 23.0 Å². The molecule has 0 bridgehead atoms. The van der Waals surface area contributed by atoms with E-state index in [0.29, 0.717) is 23.2 Å². The van der Waals surface area contributed by atoms with Gasteiger partial charge in [-0.15, -0.1) is 0 Å². The van der Waals surface area contributed by atoms with Crippen molar-refractivity contribution in [3.63, 3.8) is 0 Å². The van der Waals surface area contributed by atoms with E-state index in [2.05, 4.69) is 4.98 Å². The molecule has 0 amide bonds. The summed E-state index contributed by atoms with van der Waals surface area (Å²) in [6, 6.07) is 28.5. The van der Waals surface area contributed by atoms with Gasteiger partial charge in [-0.1, -0.05) is 78.9 Å². The molecular formula is C30H25NO3. The predicted molar refractivity (Wildman–Crippen MR) is 133 cm³/mol. The van der Waals surface area contributed by atoms with Gasteiger partial charge in [0.1, 0.15) is 11.4 Å². The Kier molecular flexibility index (Phi) is 5.83. The Morgan fingerprint density at radius 2 is 1.50 bits per heavy atom. The summed E-state index contributed by atoms with van der Waals surface area (Å²) in [5, 5.41) is 11.9. The van der Waals surface area contributed by atoms with E-state index < -0.39 is 5.60 Å². The summed E-state index contributed by atoms with van der Waals surface area (Å²) >= 11 is 0. The van der Waals surface area contributed by atoms with E-state index in [-0.39, 0.29) is 5.78 Å². The number of hydrogen-bond acceptors (Lipinski definition) is 4. The number of carbonyl (C=O) groups excluding carboxylic acids is 1. The highest BCUT2D eigenvalue weighted by atomic mass is 16.5. The molecule has 1 N–H and O–H groups in total. The standard InChI is InChI=1S/C30H25NO3/c1-34-28-14-8-13-27-26(28)18-15-21(29(27)32)19-25-17-16-24(20-31-25)30(33,22-9-4-2-5-10-22)23-11-6-3-7-12-23/h2-14,16-17,19-20,33H,15,18H2,1H3. The monoisotopic (exact) mass is 447 g/mol. The van der Waals surface area contributed by atoms with Gasteiger partial charge in [-0.05, 0) is 42.2 Å². The van der Waals surface area contributed by atoms with Crippen molar-refractivity contribution in [3.05, 3.63) is 136 Å². The smallest absolute Gasteiger partial charge is 0.189 e. The lowest BCUT2D eigenvalue weighted by molar-refractivity contribution is 0.102. The molecular weight excluding hydrogens is 422 g/mol. The first-order chi connectivity index (χ1) is 16.6. The van der Waals surface area contributed by atoms with Crippen LogP contribution in [0.3, 0.4) is 0 Å². The van der Waals surface area contributed by atoms with E-state index in [4.69, 9.17) is 4.74 Å². The first-order valence-corrected chi connectivity index (χ1v) is 11.3. The van der Waals surface area contributed by atoms with Crippen LogP contribution in [0, 0.1) is 0 Å². The summed E-state index contributed by atoms with van der Waals surface area (Å²) in [5.41, 5.74) is 3.92. The van der Waals surface area contributed by atoms with Gasteiger partial charge < -0.3 is 9.84 Å². The molecule has 4 nitrogen and oxygen atoms in total. The number of Topliss-reactive ketones (excluding diaryl/α,β-unsaturated/α-hetero) is 1. The Morgan fingerprint density at radius 1 is 0.824 bits per heavy atom. The van der Waals surface area contributed by atoms with Crippen molar-refractivity contribution >= 4 is 11.9 Å². The van der Waals surface area contributed by atoms with Crippen LogP contribution in [0.4, 0.5) is 0 Å². The van der Waals surface area contributed by atoms with Crippen molar-refractivity contribution < 1.29 is 14.6 Å². The van der Waals surface area contributed by atoms with Crippen molar-refractivity contribution in [3.8, 4) is 5.75 Å². The Morgan fingerprint density at radius 3 is 2.09 bits per heavy atom. The van der Waals surface area contributed by atoms with Crippen LogP contribution in [0.1, 0.15) is 44.7 Å². The predicted octanol–water partition coefficient (Wildman–Crippen LogP) is 5.59. The molecule has 168 valence electrons. The molecule has 3 aromatic carbocycles. The second-order valence-corrected chi connectivity index (χ2v) is 8.40. The lowest BCUT2D eigenvalue weighted by atomic mass is 9.81. The van der Waals surface area contributed by atoms with Crippen LogP contribution in [0.2, 0.25) is 0 Å². The summed E-state index contributed by atoms with van der Waals surface area (Å²) in [4.78, 5) is 17.7. The second-order valence-electron chi connectivity index (χ2n) is 8.40. The van der Waals surface area contributed by atoms with Crippen molar-refractivity contribution in [2.24, 2.45) is 0 Å². The summed E-state index contributed by atoms with van der Waals surface area (Å²) in [6.07, 6.45) is 4.92. The minimum atomic E-state index is -1.34. The summed E-state index contributed by atoms with van der Waals surface area (Å²) in [6.45, 7) is 0. The van der Waals surface area contributed by atoms with Crippen LogP contribution in [0.5, 0.6) is 5.75 Å². The maximum absolute atomic E-state index is 13.1. The Bertz CT molecular complexity index is 1300. The van der Waals surface area contributed by atoms with Crippen LogP contribution in [0.15, 0.2) is 103 Å². The van der Waals surface area contributed by atoms with Gasteiger partial charge in [-0.3, -0.25) is 9.78 Å². The van der Waals surface area contributed by atoms with Crippen molar-refractivity contribution in [1.82, 2.24) is 4.98 Å². The number of benzene rings is 3. The molecule has 0 spiro atoms. The van der Waals surface area contributed by atoms with Gasteiger partial charge in [0.05, 0.1) is 12.8 Å². The van der Waals surface area contributed by atoms with Crippen molar-refractivity contribution in [2.75, 3.05) is 7.11 Å². The normalized spacial score (nSPS) is 14.6. The molecule has 0 saturated carbocycles. The highest BCUT2D eigenvalue weighted by Gasteiger charge is 2.34. The summed E-state index contributed by atoms with van der Waals surface area (Å²) in [7, 11) is 1.63. The van der Waals surface area contributed by atoms with E-state index in [1.807, 2.05) is 97.1 Å². The third-order valence-corrected chi connectivity index (χ3v) is 6.44. The number of allylic oxidation sites excluding steroid dienone is 1. The van der Waals surface area contributed by atoms with E-state index >= 15 is 0 Å². The number of methoxy groups -OCH3 is 1. The van der Waals surface area contributed by atoms with Gasteiger partial charge in [0.25, 0.3) is 0 Å². The van der Waals surface area contributed by atoms with E-state index in [1.165, 1.54) is 0 Å². The average molecular weight is 448 g/mol. The second kappa shape index (κ2) is 9.08. The zero-order chi connectivity index (χ0) is 23.5. The number of hydrogen-bond donors (Lipinski definition) is 1. The number of ether oxygens (including phenoxy) is 1. The van der Waals surface area contributed by atoms with E-state index in [9.17, 15) is 9.90 Å². The van der Waals surface area contributed by atoms with Crippen LogP contribution >= 0.6 is 0 Å². The van der Waals surface area contributed by atoms with Gasteiger partial charge in [0.15, 0.2) is 5.78 Å². The number of aromatic nitrogens is 1.